The highest BCUT2D eigenvalue weighted by atomic mass is 19.4. The molecule has 0 amide bonds. The van der Waals surface area contributed by atoms with Crippen molar-refractivity contribution in [3.8, 4) is 28.0 Å². The topological polar surface area (TPSA) is 9.23 Å². The quantitative estimate of drug-likeness (QED) is 0.353. The standard InChI is InChI=1S/C25H25F3O/c1-2-4-19-5-7-20(8-6-19)21-9-11-22(12-10-21)23-13-15-24(16-14-23)29-18-3-17-25(26,27)28/h5-16H,2-4,17-18H2,1H3. The predicted molar refractivity (Wildman–Crippen MR) is 112 cm³/mol. The summed E-state index contributed by atoms with van der Waals surface area (Å²) < 4.78 is 41.9. The lowest BCUT2D eigenvalue weighted by molar-refractivity contribution is -0.136. The van der Waals surface area contributed by atoms with Gasteiger partial charge in [-0.2, -0.15) is 13.2 Å². The van der Waals surface area contributed by atoms with Gasteiger partial charge in [0.2, 0.25) is 0 Å². The second-order valence-corrected chi connectivity index (χ2v) is 7.12. The average molecular weight is 398 g/mol. The molecule has 0 saturated heterocycles. The largest absolute Gasteiger partial charge is 0.494 e. The van der Waals surface area contributed by atoms with Gasteiger partial charge >= 0.3 is 6.18 Å². The van der Waals surface area contributed by atoms with Crippen LogP contribution in [0.2, 0.25) is 0 Å². The van der Waals surface area contributed by atoms with E-state index in [1.165, 1.54) is 16.7 Å². The molecule has 0 heterocycles. The Morgan fingerprint density at radius 1 is 0.690 bits per heavy atom. The molecule has 0 aliphatic carbocycles. The molecule has 0 N–H and O–H groups in total. The zero-order chi connectivity index (χ0) is 20.7. The Kier molecular flexibility index (Phi) is 6.97. The van der Waals surface area contributed by atoms with E-state index in [4.69, 9.17) is 4.74 Å². The van der Waals surface area contributed by atoms with Crippen LogP contribution in [0, 0.1) is 0 Å². The van der Waals surface area contributed by atoms with E-state index in [0.29, 0.717) is 5.75 Å². The van der Waals surface area contributed by atoms with Crippen LogP contribution >= 0.6 is 0 Å². The molecule has 1 nitrogen and oxygen atoms in total. The minimum atomic E-state index is -4.13. The molecule has 3 aromatic carbocycles. The minimum Gasteiger partial charge on any atom is -0.494 e. The fourth-order valence-electron chi connectivity index (χ4n) is 3.21. The first-order valence-corrected chi connectivity index (χ1v) is 9.94. The maximum Gasteiger partial charge on any atom is 0.389 e. The van der Waals surface area contributed by atoms with E-state index >= 15 is 0 Å². The Morgan fingerprint density at radius 3 is 1.59 bits per heavy atom. The van der Waals surface area contributed by atoms with E-state index in [9.17, 15) is 13.2 Å². The highest BCUT2D eigenvalue weighted by molar-refractivity contribution is 5.70. The van der Waals surface area contributed by atoms with Crippen molar-refractivity contribution in [1.29, 1.82) is 0 Å². The summed E-state index contributed by atoms with van der Waals surface area (Å²) in [7, 11) is 0. The number of aryl methyl sites for hydroxylation is 1. The zero-order valence-corrected chi connectivity index (χ0v) is 16.5. The van der Waals surface area contributed by atoms with E-state index in [0.717, 1.165) is 24.0 Å². The first-order chi connectivity index (χ1) is 13.9. The smallest absolute Gasteiger partial charge is 0.389 e. The molecule has 4 heteroatoms. The van der Waals surface area contributed by atoms with Crippen LogP contribution in [0.15, 0.2) is 72.8 Å². The Balaban J connectivity index is 1.59. The molecule has 0 aliphatic heterocycles. The van der Waals surface area contributed by atoms with Crippen molar-refractivity contribution in [3.05, 3.63) is 78.4 Å². The van der Waals surface area contributed by atoms with Gasteiger partial charge in [-0.1, -0.05) is 74.0 Å². The fraction of sp³-hybridized carbons (Fsp3) is 0.280. The molecule has 0 spiro atoms. The summed E-state index contributed by atoms with van der Waals surface area (Å²) >= 11 is 0. The molecular weight excluding hydrogens is 373 g/mol. The number of halogens is 3. The van der Waals surface area contributed by atoms with Crippen LogP contribution < -0.4 is 4.74 Å². The molecule has 0 radical (unpaired) electrons. The molecular formula is C25H25F3O. The summed E-state index contributed by atoms with van der Waals surface area (Å²) in [6, 6.07) is 24.5. The molecule has 0 bridgehead atoms. The molecule has 152 valence electrons. The van der Waals surface area contributed by atoms with Gasteiger partial charge in [-0.05, 0) is 52.8 Å². The van der Waals surface area contributed by atoms with Crippen LogP contribution in [0.4, 0.5) is 13.2 Å². The van der Waals surface area contributed by atoms with Crippen LogP contribution in [0.1, 0.15) is 31.7 Å². The fourth-order valence-corrected chi connectivity index (χ4v) is 3.21. The van der Waals surface area contributed by atoms with Crippen LogP contribution in [0.25, 0.3) is 22.3 Å². The summed E-state index contributed by atoms with van der Waals surface area (Å²) in [5.74, 6) is 0.583. The maximum atomic E-state index is 12.2. The maximum absolute atomic E-state index is 12.2. The van der Waals surface area contributed by atoms with Gasteiger partial charge in [0, 0.05) is 6.42 Å². The Labute approximate surface area is 170 Å². The van der Waals surface area contributed by atoms with Gasteiger partial charge in [0.15, 0.2) is 0 Å². The highest BCUT2D eigenvalue weighted by Gasteiger charge is 2.26. The number of hydrogen-bond acceptors (Lipinski definition) is 1. The van der Waals surface area contributed by atoms with Gasteiger partial charge in [-0.15, -0.1) is 0 Å². The van der Waals surface area contributed by atoms with Gasteiger partial charge in [0.05, 0.1) is 6.61 Å². The van der Waals surface area contributed by atoms with Crippen molar-refractivity contribution in [1.82, 2.24) is 0 Å². The molecule has 0 aliphatic rings. The number of hydrogen-bond donors (Lipinski definition) is 0. The van der Waals surface area contributed by atoms with Crippen LogP contribution in [0.3, 0.4) is 0 Å². The molecule has 3 aromatic rings. The van der Waals surface area contributed by atoms with Crippen LogP contribution in [-0.2, 0) is 6.42 Å². The van der Waals surface area contributed by atoms with Gasteiger partial charge < -0.3 is 4.74 Å². The molecule has 0 fully saturated rings. The molecule has 29 heavy (non-hydrogen) atoms. The first-order valence-electron chi connectivity index (χ1n) is 9.94. The second kappa shape index (κ2) is 9.64. The lowest BCUT2D eigenvalue weighted by Gasteiger charge is -2.09. The van der Waals surface area contributed by atoms with Gasteiger partial charge in [-0.25, -0.2) is 0 Å². The van der Waals surface area contributed by atoms with Crippen molar-refractivity contribution in [2.75, 3.05) is 6.61 Å². The molecule has 0 unspecified atom stereocenters. The number of benzene rings is 3. The predicted octanol–water partition coefficient (Wildman–Crippen LogP) is 7.69. The Hall–Kier alpha value is -2.75. The Morgan fingerprint density at radius 2 is 1.14 bits per heavy atom. The van der Waals surface area contributed by atoms with E-state index in [2.05, 4.69) is 55.5 Å². The van der Waals surface area contributed by atoms with Crippen molar-refractivity contribution >= 4 is 0 Å². The van der Waals surface area contributed by atoms with E-state index < -0.39 is 12.6 Å². The summed E-state index contributed by atoms with van der Waals surface area (Å²) in [6.07, 6.45) is -2.74. The van der Waals surface area contributed by atoms with E-state index in [1.54, 1.807) is 12.1 Å². The van der Waals surface area contributed by atoms with E-state index in [1.807, 2.05) is 12.1 Å². The summed E-state index contributed by atoms with van der Waals surface area (Å²) in [6.45, 7) is 2.24. The van der Waals surface area contributed by atoms with Crippen molar-refractivity contribution in [2.24, 2.45) is 0 Å². The normalized spacial score (nSPS) is 11.4. The second-order valence-electron chi connectivity index (χ2n) is 7.12. The van der Waals surface area contributed by atoms with Crippen molar-refractivity contribution in [2.45, 2.75) is 38.8 Å². The SMILES string of the molecule is CCCc1ccc(-c2ccc(-c3ccc(OCCCC(F)(F)F)cc3)cc2)cc1. The lowest BCUT2D eigenvalue weighted by Crippen LogP contribution is -2.09. The van der Waals surface area contributed by atoms with Crippen LogP contribution in [-0.4, -0.2) is 12.8 Å². The number of rotatable bonds is 8. The zero-order valence-electron chi connectivity index (χ0n) is 16.5. The van der Waals surface area contributed by atoms with Gasteiger partial charge in [0.1, 0.15) is 5.75 Å². The van der Waals surface area contributed by atoms with Gasteiger partial charge in [-0.3, -0.25) is 0 Å². The van der Waals surface area contributed by atoms with Crippen LogP contribution in [0.5, 0.6) is 5.75 Å². The lowest BCUT2D eigenvalue weighted by atomic mass is 9.99. The molecule has 0 saturated carbocycles. The van der Waals surface area contributed by atoms with Crippen molar-refractivity contribution < 1.29 is 17.9 Å². The third-order valence-electron chi connectivity index (χ3n) is 4.77. The van der Waals surface area contributed by atoms with Gasteiger partial charge in [0.25, 0.3) is 0 Å². The van der Waals surface area contributed by atoms with Crippen molar-refractivity contribution in [3.63, 3.8) is 0 Å². The Bertz CT molecular complexity index is 879. The molecule has 0 atom stereocenters. The summed E-state index contributed by atoms with van der Waals surface area (Å²) in [4.78, 5) is 0. The summed E-state index contributed by atoms with van der Waals surface area (Å²) in [5.41, 5.74) is 5.84. The average Bonchev–Trinajstić information content (AvgIpc) is 2.72. The first kappa shape index (κ1) is 21.0. The molecule has 3 rings (SSSR count). The molecule has 0 aromatic heterocycles. The van der Waals surface area contributed by atoms with E-state index in [-0.39, 0.29) is 13.0 Å². The third-order valence-corrected chi connectivity index (χ3v) is 4.77. The number of ether oxygens (including phenoxy) is 1. The third kappa shape index (κ3) is 6.38. The minimum absolute atomic E-state index is 0.0356. The monoisotopic (exact) mass is 398 g/mol. The highest BCUT2D eigenvalue weighted by Crippen LogP contribution is 2.27. The summed E-state index contributed by atoms with van der Waals surface area (Å²) in [5, 5.41) is 0. The number of alkyl halides is 3.